The molecule has 1 atom stereocenters. The van der Waals surface area contributed by atoms with Crippen molar-refractivity contribution in [2.45, 2.75) is 6.92 Å². The van der Waals surface area contributed by atoms with Crippen molar-refractivity contribution in [3.8, 4) is 6.07 Å². The second-order valence-electron chi connectivity index (χ2n) is 2.75. The Bertz CT molecular complexity index is 296. The van der Waals surface area contributed by atoms with Gasteiger partial charge in [0.2, 0.25) is 0 Å². The first-order valence-corrected chi connectivity index (χ1v) is 3.67. The van der Waals surface area contributed by atoms with Crippen LogP contribution in [0.3, 0.4) is 0 Å². The summed E-state index contributed by atoms with van der Waals surface area (Å²) in [6, 6.07) is 2.05. The van der Waals surface area contributed by atoms with Gasteiger partial charge in [-0.2, -0.15) is 5.26 Å². The van der Waals surface area contributed by atoms with Crippen molar-refractivity contribution in [3.05, 3.63) is 24.0 Å². The molecule has 0 bridgehead atoms. The number of carbonyl (C=O) groups excluding carboxylic acids is 1. The van der Waals surface area contributed by atoms with Gasteiger partial charge >= 0.3 is 0 Å². The van der Waals surface area contributed by atoms with Crippen LogP contribution < -0.4 is 0 Å². The quantitative estimate of drug-likeness (QED) is 0.579. The highest BCUT2D eigenvalue weighted by Crippen LogP contribution is 2.18. The maximum atomic E-state index is 11.0. The van der Waals surface area contributed by atoms with Gasteiger partial charge in [0, 0.05) is 25.0 Å². The molecule has 1 aliphatic rings. The van der Waals surface area contributed by atoms with E-state index < -0.39 is 0 Å². The SMILES string of the molecule is CC(=O)C1=CN(C)C=C[C@@H]1C#N. The van der Waals surface area contributed by atoms with Gasteiger partial charge in [0.05, 0.1) is 12.0 Å². The van der Waals surface area contributed by atoms with Gasteiger partial charge in [-0.15, -0.1) is 0 Å². The Morgan fingerprint density at radius 1 is 1.75 bits per heavy atom. The van der Waals surface area contributed by atoms with Crippen LogP contribution in [0.5, 0.6) is 0 Å². The average molecular weight is 162 g/mol. The Morgan fingerprint density at radius 3 is 2.92 bits per heavy atom. The van der Waals surface area contributed by atoms with E-state index in [1.165, 1.54) is 6.92 Å². The minimum Gasteiger partial charge on any atom is -0.357 e. The van der Waals surface area contributed by atoms with E-state index in [1.807, 2.05) is 7.05 Å². The topological polar surface area (TPSA) is 44.1 Å². The number of hydrogen-bond donors (Lipinski definition) is 0. The molecule has 1 heterocycles. The lowest BCUT2D eigenvalue weighted by atomic mass is 9.96. The lowest BCUT2D eigenvalue weighted by Gasteiger charge is -2.18. The molecule has 0 amide bonds. The zero-order chi connectivity index (χ0) is 9.14. The first kappa shape index (κ1) is 8.54. The molecule has 0 spiro atoms. The molecule has 0 radical (unpaired) electrons. The van der Waals surface area contributed by atoms with Crippen molar-refractivity contribution in [2.75, 3.05) is 7.05 Å². The van der Waals surface area contributed by atoms with Crippen molar-refractivity contribution < 1.29 is 4.79 Å². The Hall–Kier alpha value is -1.56. The molecule has 0 aromatic carbocycles. The predicted octanol–water partition coefficient (Wildman–Crippen LogP) is 1.06. The smallest absolute Gasteiger partial charge is 0.158 e. The first-order chi connectivity index (χ1) is 5.65. The van der Waals surface area contributed by atoms with Crippen molar-refractivity contribution in [1.29, 1.82) is 5.26 Å². The molecule has 3 heteroatoms. The minimum atomic E-state index is -0.376. The zero-order valence-electron chi connectivity index (χ0n) is 7.11. The van der Waals surface area contributed by atoms with Crippen LogP contribution in [0, 0.1) is 17.2 Å². The molecule has 1 rings (SSSR count). The second-order valence-corrected chi connectivity index (χ2v) is 2.75. The summed E-state index contributed by atoms with van der Waals surface area (Å²) in [5.41, 5.74) is 0.558. The van der Waals surface area contributed by atoms with Gasteiger partial charge < -0.3 is 4.90 Å². The summed E-state index contributed by atoms with van der Waals surface area (Å²) in [4.78, 5) is 12.8. The maximum Gasteiger partial charge on any atom is 0.158 e. The zero-order valence-corrected chi connectivity index (χ0v) is 7.11. The van der Waals surface area contributed by atoms with E-state index in [1.54, 1.807) is 23.4 Å². The fraction of sp³-hybridized carbons (Fsp3) is 0.333. The fourth-order valence-corrected chi connectivity index (χ4v) is 1.09. The number of rotatable bonds is 1. The maximum absolute atomic E-state index is 11.0. The van der Waals surface area contributed by atoms with E-state index in [9.17, 15) is 4.79 Å². The predicted molar refractivity (Wildman–Crippen MR) is 44.8 cm³/mol. The van der Waals surface area contributed by atoms with Gasteiger partial charge in [0.15, 0.2) is 5.78 Å². The Balaban J connectivity index is 2.95. The summed E-state index contributed by atoms with van der Waals surface area (Å²) in [5, 5.41) is 8.68. The highest BCUT2D eigenvalue weighted by Gasteiger charge is 2.18. The highest BCUT2D eigenvalue weighted by molar-refractivity contribution is 5.94. The summed E-state index contributed by atoms with van der Waals surface area (Å²) in [6.45, 7) is 1.48. The van der Waals surface area contributed by atoms with E-state index >= 15 is 0 Å². The molecular weight excluding hydrogens is 152 g/mol. The van der Waals surface area contributed by atoms with Crippen molar-refractivity contribution in [1.82, 2.24) is 4.90 Å². The third-order valence-electron chi connectivity index (χ3n) is 1.74. The van der Waals surface area contributed by atoms with Crippen LogP contribution in [-0.2, 0) is 4.79 Å². The molecule has 0 saturated heterocycles. The molecule has 0 aromatic rings. The third kappa shape index (κ3) is 1.54. The fourth-order valence-electron chi connectivity index (χ4n) is 1.09. The van der Waals surface area contributed by atoms with Crippen LogP contribution in [0.25, 0.3) is 0 Å². The molecule has 0 unspecified atom stereocenters. The van der Waals surface area contributed by atoms with Gasteiger partial charge in [-0.1, -0.05) is 0 Å². The van der Waals surface area contributed by atoms with Crippen LogP contribution in [0.1, 0.15) is 6.92 Å². The molecule has 3 nitrogen and oxygen atoms in total. The number of Topliss-reactive ketones (excluding diaryl/α,β-unsaturated/α-hetero) is 1. The van der Waals surface area contributed by atoms with E-state index in [4.69, 9.17) is 5.26 Å². The summed E-state index contributed by atoms with van der Waals surface area (Å²) in [6.07, 6.45) is 5.19. The van der Waals surface area contributed by atoms with Crippen molar-refractivity contribution in [3.63, 3.8) is 0 Å². The molecular formula is C9H10N2O. The van der Waals surface area contributed by atoms with Gasteiger partial charge in [-0.05, 0) is 13.0 Å². The van der Waals surface area contributed by atoms with Crippen LogP contribution in [0.15, 0.2) is 24.0 Å². The van der Waals surface area contributed by atoms with Gasteiger partial charge in [-0.3, -0.25) is 4.79 Å². The average Bonchev–Trinajstić information content (AvgIpc) is 2.04. The van der Waals surface area contributed by atoms with E-state index in [2.05, 4.69) is 6.07 Å². The molecule has 0 aromatic heterocycles. The standard InChI is InChI=1S/C9H10N2O/c1-7(12)9-6-11(2)4-3-8(9)5-10/h3-4,6,8H,1-2H3/t8-/m1/s1. The van der Waals surface area contributed by atoms with E-state index in [-0.39, 0.29) is 11.7 Å². The summed E-state index contributed by atoms with van der Waals surface area (Å²) < 4.78 is 0. The van der Waals surface area contributed by atoms with Gasteiger partial charge in [-0.25, -0.2) is 0 Å². The summed E-state index contributed by atoms with van der Waals surface area (Å²) in [5.74, 6) is -0.420. The molecule has 62 valence electrons. The lowest BCUT2D eigenvalue weighted by Crippen LogP contribution is -2.16. The Kier molecular flexibility index (Phi) is 2.29. The first-order valence-electron chi connectivity index (χ1n) is 3.67. The molecule has 0 fully saturated rings. The summed E-state index contributed by atoms with van der Waals surface area (Å²) >= 11 is 0. The lowest BCUT2D eigenvalue weighted by molar-refractivity contribution is -0.113. The van der Waals surface area contributed by atoms with Crippen LogP contribution in [0.4, 0.5) is 0 Å². The molecule has 1 aliphatic heterocycles. The highest BCUT2D eigenvalue weighted by atomic mass is 16.1. The van der Waals surface area contributed by atoms with Crippen molar-refractivity contribution in [2.24, 2.45) is 5.92 Å². The number of nitrogens with zero attached hydrogens (tertiary/aromatic N) is 2. The number of carbonyl (C=O) groups is 1. The molecule has 0 aliphatic carbocycles. The van der Waals surface area contributed by atoms with Gasteiger partial charge in [0.1, 0.15) is 0 Å². The van der Waals surface area contributed by atoms with E-state index in [0.717, 1.165) is 0 Å². The molecule has 0 N–H and O–H groups in total. The largest absolute Gasteiger partial charge is 0.357 e. The Morgan fingerprint density at radius 2 is 2.42 bits per heavy atom. The minimum absolute atomic E-state index is 0.0437. The van der Waals surface area contributed by atoms with Crippen LogP contribution in [0.2, 0.25) is 0 Å². The Labute approximate surface area is 71.6 Å². The number of hydrogen-bond acceptors (Lipinski definition) is 3. The normalized spacial score (nSPS) is 21.6. The monoisotopic (exact) mass is 162 g/mol. The number of nitriles is 1. The second kappa shape index (κ2) is 3.22. The van der Waals surface area contributed by atoms with E-state index in [0.29, 0.717) is 5.57 Å². The van der Waals surface area contributed by atoms with Crippen LogP contribution >= 0.6 is 0 Å². The van der Waals surface area contributed by atoms with Crippen molar-refractivity contribution >= 4 is 5.78 Å². The number of allylic oxidation sites excluding steroid dienone is 2. The molecule has 12 heavy (non-hydrogen) atoms. The molecule has 0 saturated carbocycles. The summed E-state index contributed by atoms with van der Waals surface area (Å²) in [7, 11) is 1.83. The van der Waals surface area contributed by atoms with Gasteiger partial charge in [0.25, 0.3) is 0 Å². The number of ketones is 1. The van der Waals surface area contributed by atoms with Crippen LogP contribution in [-0.4, -0.2) is 17.7 Å². The third-order valence-corrected chi connectivity index (χ3v) is 1.74.